The van der Waals surface area contributed by atoms with Crippen LogP contribution in [-0.4, -0.2) is 58.1 Å². The third-order valence-electron chi connectivity index (χ3n) is 29.8. The van der Waals surface area contributed by atoms with Gasteiger partial charge in [-0.1, -0.05) is 382 Å². The first-order valence-corrected chi connectivity index (χ1v) is 49.8. The highest BCUT2D eigenvalue weighted by Gasteiger charge is 2.26. The highest BCUT2D eigenvalue weighted by molar-refractivity contribution is 6.34. The quantitative estimate of drug-likeness (QED) is 0.137. The molecule has 0 saturated carbocycles. The van der Waals surface area contributed by atoms with Crippen molar-refractivity contribution in [1.29, 1.82) is 0 Å². The van der Waals surface area contributed by atoms with E-state index >= 15 is 0 Å². The molecule has 147 heavy (non-hydrogen) atoms. The zero-order valence-electron chi connectivity index (χ0n) is 79.1. The molecule has 0 aliphatic heterocycles. The number of pyridine rings is 3. The van der Waals surface area contributed by atoms with E-state index in [0.717, 1.165) is 210 Å². The minimum Gasteiger partial charge on any atom is -0.299 e. The number of aromatic nitrogens is 12. The lowest BCUT2D eigenvalue weighted by Crippen LogP contribution is -1.96. The van der Waals surface area contributed by atoms with Crippen molar-refractivity contribution < 1.29 is 0 Å². The molecule has 0 fully saturated rings. The molecule has 0 aliphatic carbocycles. The Bertz CT molecular complexity index is 11200. The first-order chi connectivity index (χ1) is 72.9. The van der Waals surface area contributed by atoms with Gasteiger partial charge in [-0.2, -0.15) is 0 Å². The van der Waals surface area contributed by atoms with Crippen LogP contribution in [-0.2, 0) is 0 Å². The predicted molar refractivity (Wildman–Crippen MR) is 611 cm³/mol. The number of fused-ring (bicyclic) bond motifs is 39. The van der Waals surface area contributed by atoms with Crippen molar-refractivity contribution >= 4 is 212 Å². The second-order valence-corrected chi connectivity index (χ2v) is 38.1. The molecule has 680 valence electrons. The molecule has 23 aromatic carbocycles. The molecule has 0 radical (unpaired) electrons. The second kappa shape index (κ2) is 33.4. The minimum atomic E-state index is 0.874. The Hall–Kier alpha value is -20.0. The van der Waals surface area contributed by atoms with Crippen LogP contribution in [0.2, 0.25) is 0 Å². The lowest BCUT2D eigenvalue weighted by atomic mass is 9.92. The maximum atomic E-state index is 5.42. The molecular formula is C135H80N12. The molecule has 9 heterocycles. The van der Waals surface area contributed by atoms with Gasteiger partial charge in [0.25, 0.3) is 0 Å². The molecule has 12 nitrogen and oxygen atoms in total. The van der Waals surface area contributed by atoms with Crippen LogP contribution in [0.5, 0.6) is 0 Å². The number of hydrogen-bond acceptors (Lipinski definition) is 9. The van der Waals surface area contributed by atoms with Gasteiger partial charge in [0, 0.05) is 100 Å². The zero-order chi connectivity index (χ0) is 96.4. The fraction of sp³-hybridized carbons (Fsp3) is 0. The third-order valence-corrected chi connectivity index (χ3v) is 29.8. The monoisotopic (exact) mass is 1870 g/mol. The molecular weight excluding hydrogens is 1790 g/mol. The fourth-order valence-corrected chi connectivity index (χ4v) is 23.0. The Morgan fingerprint density at radius 3 is 0.755 bits per heavy atom. The lowest BCUT2D eigenvalue weighted by molar-refractivity contribution is 1.23. The number of nitrogens with zero attached hydrogens (tertiary/aromatic N) is 12. The van der Waals surface area contributed by atoms with Crippen LogP contribution in [0.15, 0.2) is 486 Å². The summed E-state index contributed by atoms with van der Waals surface area (Å²) in [5, 5.41) is 28.4. The van der Waals surface area contributed by atoms with Gasteiger partial charge >= 0.3 is 0 Å². The average molecular weight is 1870 g/mol. The molecule has 0 saturated heterocycles. The summed E-state index contributed by atoms with van der Waals surface area (Å²) in [6.07, 6.45) is 6.35. The van der Waals surface area contributed by atoms with Crippen molar-refractivity contribution in [2.24, 2.45) is 0 Å². The lowest BCUT2D eigenvalue weighted by Gasteiger charge is -2.14. The molecule has 0 aliphatic rings. The first kappa shape index (κ1) is 82.9. The van der Waals surface area contributed by atoms with E-state index in [-0.39, 0.29) is 0 Å². The van der Waals surface area contributed by atoms with Crippen molar-refractivity contribution in [2.45, 2.75) is 0 Å². The summed E-state index contributed by atoms with van der Waals surface area (Å²) < 4.78 is 6.66. The highest BCUT2D eigenvalue weighted by Crippen LogP contribution is 2.49. The van der Waals surface area contributed by atoms with Gasteiger partial charge < -0.3 is 0 Å². The Morgan fingerprint density at radius 1 is 0.129 bits per heavy atom. The smallest absolute Gasteiger partial charge is 0.137 e. The normalized spacial score (nSPS) is 11.9. The molecule has 12 heteroatoms. The Kier molecular flexibility index (Phi) is 18.8. The number of benzene rings is 23. The van der Waals surface area contributed by atoms with Gasteiger partial charge in [0.05, 0.1) is 100 Å². The zero-order valence-corrected chi connectivity index (χ0v) is 79.1. The molecule has 0 spiro atoms. The molecule has 9 aromatic heterocycles. The largest absolute Gasteiger partial charge is 0.299 e. The number of hydrogen-bond donors (Lipinski definition) is 0. The summed E-state index contributed by atoms with van der Waals surface area (Å²) in [7, 11) is 0. The summed E-state index contributed by atoms with van der Waals surface area (Å²) in [6, 6.07) is 165. The standard InChI is InChI=1S/2C47H28N4.C41H24N4/c1-3-12-30(13-4-1)43-44(31-14-5-2-6-15-31)50-45-36-22-19-32(27-34(36)21-25-40(45)48-43)33-20-23-37-39(28-33)42-35-16-8-7-11-29(35)18-24-38(42)46-47(37)51-26-10-9-17-41(51)49-46;1-3-12-31(13-4-1)43-44(32-14-5-2-6-15-32)50-45-38-27-33(19-18-30(38)22-25-40(45)48-43)34-21-23-36-39(28-34)42-35-16-8-7-11-29(35)20-24-37(42)46-47(36)51-26-10-9-17-41(51)49-46;1-2-12-27(13-3-1)37-38(44-39-30-15-7-5-11-26(30)19-22-34(39)42-37)28-18-20-31-33(24-28)36-29-14-6-4-10-25(29)17-21-32(36)40-41(31)45-23-9-8-16-35(45)43-40/h2*1-28H;1-24H. The molecule has 0 amide bonds. The van der Waals surface area contributed by atoms with Crippen molar-refractivity contribution in [2.75, 3.05) is 0 Å². The van der Waals surface area contributed by atoms with E-state index in [1.54, 1.807) is 0 Å². The van der Waals surface area contributed by atoms with Gasteiger partial charge in [0.1, 0.15) is 16.9 Å². The van der Waals surface area contributed by atoms with E-state index in [0.29, 0.717) is 0 Å². The first-order valence-electron chi connectivity index (χ1n) is 49.8. The van der Waals surface area contributed by atoms with E-state index in [1.165, 1.54) is 91.7 Å². The molecule has 32 rings (SSSR count). The molecule has 0 bridgehead atoms. The summed E-state index contributed by atoms with van der Waals surface area (Å²) in [6.45, 7) is 0. The second-order valence-electron chi connectivity index (χ2n) is 38.1. The Labute approximate surface area is 840 Å². The van der Waals surface area contributed by atoms with Crippen LogP contribution in [0.25, 0.3) is 302 Å². The Morgan fingerprint density at radius 2 is 0.374 bits per heavy atom. The van der Waals surface area contributed by atoms with Crippen molar-refractivity contribution in [3.05, 3.63) is 486 Å². The summed E-state index contributed by atoms with van der Waals surface area (Å²) in [5.74, 6) is 0. The minimum absolute atomic E-state index is 0.874. The number of imidazole rings is 3. The van der Waals surface area contributed by atoms with Gasteiger partial charge in [-0.25, -0.2) is 44.9 Å². The molecule has 32 aromatic rings. The van der Waals surface area contributed by atoms with Gasteiger partial charge in [-0.3, -0.25) is 13.2 Å². The van der Waals surface area contributed by atoms with Crippen LogP contribution >= 0.6 is 0 Å². The van der Waals surface area contributed by atoms with E-state index < -0.39 is 0 Å². The SMILES string of the molecule is c1ccc(-c2nc3ccc4cc(-c5ccc6c(c5)c5c7ccccc7ccc5c5nc7ccccn7c65)ccc4c3nc2-c2ccccc2)cc1.c1ccc(-c2nc3ccc4ccc(-c5ccc6c(c5)c5c7ccccc7ccc5c5nc7ccccn7c65)cc4c3nc2-c2ccccc2)cc1.c1ccc(-c2nc3ccc4ccccc4c3nc2-c2ccc3c(c2)c2c4ccccc4ccc2c2nc4ccccn4c32)cc1. The van der Waals surface area contributed by atoms with Crippen LogP contribution in [0.1, 0.15) is 0 Å². The van der Waals surface area contributed by atoms with Crippen LogP contribution in [0, 0.1) is 0 Å². The van der Waals surface area contributed by atoms with E-state index in [1.807, 2.05) is 36.4 Å². The van der Waals surface area contributed by atoms with E-state index in [9.17, 15) is 0 Å². The van der Waals surface area contributed by atoms with E-state index in [4.69, 9.17) is 44.9 Å². The van der Waals surface area contributed by atoms with Gasteiger partial charge in [-0.05, 0) is 188 Å². The van der Waals surface area contributed by atoms with Crippen molar-refractivity contribution in [1.82, 2.24) is 58.1 Å². The fourth-order valence-electron chi connectivity index (χ4n) is 23.0. The summed E-state index contributed by atoms with van der Waals surface area (Å²) >= 11 is 0. The molecule has 0 N–H and O–H groups in total. The van der Waals surface area contributed by atoms with Crippen LogP contribution < -0.4 is 0 Å². The highest BCUT2D eigenvalue weighted by atomic mass is 15.0. The number of rotatable bonds is 8. The van der Waals surface area contributed by atoms with Crippen LogP contribution in [0.4, 0.5) is 0 Å². The maximum Gasteiger partial charge on any atom is 0.137 e. The average Bonchev–Trinajstić information content (AvgIpc) is 1.65. The maximum absolute atomic E-state index is 5.42. The van der Waals surface area contributed by atoms with Crippen LogP contribution in [0.3, 0.4) is 0 Å². The van der Waals surface area contributed by atoms with E-state index in [2.05, 4.69) is 463 Å². The topological polar surface area (TPSA) is 129 Å². The van der Waals surface area contributed by atoms with Gasteiger partial charge in [0.15, 0.2) is 0 Å². The summed E-state index contributed by atoms with van der Waals surface area (Å²) in [5.41, 5.74) is 30.9. The predicted octanol–water partition coefficient (Wildman–Crippen LogP) is 34.5. The van der Waals surface area contributed by atoms with Gasteiger partial charge in [0.2, 0.25) is 0 Å². The van der Waals surface area contributed by atoms with Crippen molar-refractivity contribution in [3.8, 4) is 89.8 Å². The Balaban J connectivity index is 0.000000102. The molecule has 0 unspecified atom stereocenters. The van der Waals surface area contributed by atoms with Crippen molar-refractivity contribution in [3.63, 3.8) is 0 Å². The molecule has 0 atom stereocenters. The summed E-state index contributed by atoms with van der Waals surface area (Å²) in [4.78, 5) is 47.3. The van der Waals surface area contributed by atoms with Gasteiger partial charge in [-0.15, -0.1) is 0 Å². The third kappa shape index (κ3) is 13.4.